The topological polar surface area (TPSA) is 121 Å². The molecule has 1 spiro atoms. The quantitative estimate of drug-likeness (QED) is 0.483. The summed E-state index contributed by atoms with van der Waals surface area (Å²) in [6, 6.07) is 13.1. The van der Waals surface area contributed by atoms with Crippen LogP contribution in [0.3, 0.4) is 0 Å². The van der Waals surface area contributed by atoms with E-state index in [1.807, 2.05) is 37.3 Å². The molecule has 2 unspecified atom stereocenters. The molecule has 2 aliphatic rings. The zero-order chi connectivity index (χ0) is 25.1. The zero-order valence-corrected chi connectivity index (χ0v) is 20.3. The average molecular weight is 490 g/mol. The summed E-state index contributed by atoms with van der Waals surface area (Å²) < 4.78 is 6.44. The molecule has 0 bridgehead atoms. The van der Waals surface area contributed by atoms with E-state index in [4.69, 9.17) is 4.74 Å². The number of hydrogen-bond donors (Lipinski definition) is 3. The van der Waals surface area contributed by atoms with E-state index in [-0.39, 0.29) is 24.5 Å². The Bertz CT molecular complexity index is 1200. The Labute approximate surface area is 210 Å². The van der Waals surface area contributed by atoms with Crippen LogP contribution >= 0.6 is 0 Å². The van der Waals surface area contributed by atoms with Crippen LogP contribution in [0.25, 0.3) is 0 Å². The van der Waals surface area contributed by atoms with Crippen molar-refractivity contribution in [3.63, 3.8) is 0 Å². The fourth-order valence-corrected chi connectivity index (χ4v) is 5.09. The first-order valence-corrected chi connectivity index (χ1v) is 12.3. The summed E-state index contributed by atoms with van der Waals surface area (Å²) in [5, 5.41) is 32.3. The summed E-state index contributed by atoms with van der Waals surface area (Å²) >= 11 is 0. The van der Waals surface area contributed by atoms with Crippen LogP contribution in [0.4, 0.5) is 5.82 Å². The minimum absolute atomic E-state index is 0.0840. The lowest BCUT2D eigenvalue weighted by Crippen LogP contribution is -2.50. The molecule has 2 aromatic heterocycles. The Kier molecular flexibility index (Phi) is 6.84. The normalized spacial score (nSPS) is 19.3. The van der Waals surface area contributed by atoms with E-state index in [1.54, 1.807) is 24.5 Å². The van der Waals surface area contributed by atoms with E-state index in [2.05, 4.69) is 25.4 Å². The second kappa shape index (κ2) is 10.2. The fraction of sp³-hybridized carbons (Fsp3) is 0.407. The number of carbonyl (C=O) groups excluding carboxylic acids is 1. The number of pyridine rings is 1. The Hall–Kier alpha value is -3.56. The number of ether oxygens (including phenoxy) is 1. The molecule has 2 atom stereocenters. The number of carbonyl (C=O) groups is 1. The molecule has 5 rings (SSSR count). The molecule has 1 aromatic carbocycles. The number of nitrogens with one attached hydrogen (secondary N) is 1. The van der Waals surface area contributed by atoms with Crippen molar-refractivity contribution in [2.45, 2.75) is 50.4 Å². The van der Waals surface area contributed by atoms with E-state index in [9.17, 15) is 15.0 Å². The predicted molar refractivity (Wildman–Crippen MR) is 134 cm³/mol. The van der Waals surface area contributed by atoms with Gasteiger partial charge in [0.2, 0.25) is 5.91 Å². The van der Waals surface area contributed by atoms with Gasteiger partial charge < -0.3 is 25.2 Å². The zero-order valence-electron chi connectivity index (χ0n) is 20.3. The third-order valence-corrected chi connectivity index (χ3v) is 7.12. The number of benzene rings is 1. The van der Waals surface area contributed by atoms with Crippen molar-refractivity contribution in [2.24, 2.45) is 0 Å². The van der Waals surface area contributed by atoms with Gasteiger partial charge in [0.1, 0.15) is 11.4 Å². The van der Waals surface area contributed by atoms with Crippen molar-refractivity contribution < 1.29 is 19.7 Å². The molecule has 9 heteroatoms. The summed E-state index contributed by atoms with van der Waals surface area (Å²) in [6.07, 6.45) is 4.11. The van der Waals surface area contributed by atoms with Crippen LogP contribution in [0.5, 0.6) is 5.75 Å². The van der Waals surface area contributed by atoms with Crippen LogP contribution in [0.2, 0.25) is 0 Å². The molecule has 0 aliphatic carbocycles. The van der Waals surface area contributed by atoms with Crippen LogP contribution in [0, 0.1) is 6.92 Å². The maximum Gasteiger partial charge on any atom is 0.226 e. The number of aliphatic hydroxyl groups excluding tert-OH is 2. The lowest BCUT2D eigenvalue weighted by Gasteiger charge is -2.46. The lowest BCUT2D eigenvalue weighted by atomic mass is 9.81. The predicted octanol–water partition coefficient (Wildman–Crippen LogP) is 2.43. The highest BCUT2D eigenvalue weighted by molar-refractivity contribution is 5.78. The number of aliphatic hydroxyl groups is 2. The van der Waals surface area contributed by atoms with Crippen LogP contribution in [-0.2, 0) is 11.2 Å². The molecule has 36 heavy (non-hydrogen) atoms. The molecule has 3 aromatic rings. The number of hydrogen-bond acceptors (Lipinski definition) is 8. The Morgan fingerprint density at radius 1 is 1.19 bits per heavy atom. The van der Waals surface area contributed by atoms with Gasteiger partial charge >= 0.3 is 0 Å². The van der Waals surface area contributed by atoms with E-state index in [0.29, 0.717) is 17.7 Å². The lowest BCUT2D eigenvalue weighted by molar-refractivity contribution is -0.121. The SMILES string of the molecule is Cc1cccc2c1C(O)CC1(CCN(c3ccc(CC(=O)NCC(O)c4cccnc4)nn3)CC1)O2. The number of nitrogens with zero attached hydrogens (tertiary/aromatic N) is 4. The minimum Gasteiger partial charge on any atom is -0.487 e. The Balaban J connectivity index is 1.13. The Morgan fingerprint density at radius 3 is 2.75 bits per heavy atom. The number of aromatic nitrogens is 3. The third-order valence-electron chi connectivity index (χ3n) is 7.12. The van der Waals surface area contributed by atoms with Gasteiger partial charge in [-0.05, 0) is 36.8 Å². The standard InChI is InChI=1S/C27H31N5O4/c1-18-4-2-6-23-26(18)21(33)15-27(36-23)9-12-32(13-10-27)24-8-7-20(30-31-24)14-25(35)29-17-22(34)19-5-3-11-28-16-19/h2-8,11,16,21-22,33-34H,9-10,12-15,17H2,1H3,(H,29,35). The highest BCUT2D eigenvalue weighted by Gasteiger charge is 2.43. The maximum atomic E-state index is 12.3. The molecule has 9 nitrogen and oxygen atoms in total. The molecular formula is C27H31N5O4. The third kappa shape index (κ3) is 5.17. The molecule has 1 amide bonds. The van der Waals surface area contributed by atoms with Crippen LogP contribution in [-0.4, -0.2) is 56.5 Å². The van der Waals surface area contributed by atoms with Gasteiger partial charge in [0.15, 0.2) is 5.82 Å². The molecule has 2 aliphatic heterocycles. The summed E-state index contributed by atoms with van der Waals surface area (Å²) in [4.78, 5) is 18.4. The van der Waals surface area contributed by atoms with Crippen molar-refractivity contribution in [2.75, 3.05) is 24.5 Å². The molecule has 4 heterocycles. The van der Waals surface area contributed by atoms with Gasteiger partial charge in [0.05, 0.1) is 24.3 Å². The average Bonchev–Trinajstić information content (AvgIpc) is 2.88. The first-order valence-electron chi connectivity index (χ1n) is 12.3. The molecule has 188 valence electrons. The highest BCUT2D eigenvalue weighted by atomic mass is 16.5. The van der Waals surface area contributed by atoms with Gasteiger partial charge in [-0.1, -0.05) is 18.2 Å². The number of aryl methyl sites for hydroxylation is 1. The smallest absolute Gasteiger partial charge is 0.226 e. The van der Waals surface area contributed by atoms with Crippen LogP contribution in [0.1, 0.15) is 53.9 Å². The van der Waals surface area contributed by atoms with Gasteiger partial charge in [0.25, 0.3) is 0 Å². The van der Waals surface area contributed by atoms with Crippen molar-refractivity contribution >= 4 is 11.7 Å². The van der Waals surface area contributed by atoms with Crippen molar-refractivity contribution in [1.29, 1.82) is 0 Å². The van der Waals surface area contributed by atoms with Crippen molar-refractivity contribution in [3.8, 4) is 5.75 Å². The van der Waals surface area contributed by atoms with E-state index in [1.165, 1.54) is 0 Å². The van der Waals surface area contributed by atoms with E-state index < -0.39 is 12.2 Å². The first-order chi connectivity index (χ1) is 17.4. The monoisotopic (exact) mass is 489 g/mol. The van der Waals surface area contributed by atoms with Gasteiger partial charge in [-0.15, -0.1) is 5.10 Å². The largest absolute Gasteiger partial charge is 0.487 e. The molecule has 3 N–H and O–H groups in total. The van der Waals surface area contributed by atoms with Gasteiger partial charge in [0, 0.05) is 62.4 Å². The number of rotatable bonds is 6. The second-order valence-electron chi connectivity index (χ2n) is 9.64. The molecular weight excluding hydrogens is 458 g/mol. The van der Waals surface area contributed by atoms with E-state index >= 15 is 0 Å². The molecule has 1 fully saturated rings. The highest BCUT2D eigenvalue weighted by Crippen LogP contribution is 2.45. The number of anilines is 1. The summed E-state index contributed by atoms with van der Waals surface area (Å²) in [7, 11) is 0. The minimum atomic E-state index is -0.815. The van der Waals surface area contributed by atoms with E-state index in [0.717, 1.165) is 48.6 Å². The van der Waals surface area contributed by atoms with Gasteiger partial charge in [-0.25, -0.2) is 0 Å². The maximum absolute atomic E-state index is 12.3. The molecule has 1 saturated heterocycles. The first kappa shape index (κ1) is 24.1. The molecule has 0 saturated carbocycles. The summed E-state index contributed by atoms with van der Waals surface area (Å²) in [5.41, 5.74) is 2.80. The number of amides is 1. The summed E-state index contributed by atoms with van der Waals surface area (Å²) in [5.74, 6) is 1.31. The fourth-order valence-electron chi connectivity index (χ4n) is 5.09. The van der Waals surface area contributed by atoms with Gasteiger partial charge in [-0.3, -0.25) is 9.78 Å². The second-order valence-corrected chi connectivity index (χ2v) is 9.64. The van der Waals surface area contributed by atoms with Crippen LogP contribution in [0.15, 0.2) is 54.9 Å². The van der Waals surface area contributed by atoms with Crippen LogP contribution < -0.4 is 15.0 Å². The summed E-state index contributed by atoms with van der Waals surface area (Å²) in [6.45, 7) is 3.60. The Morgan fingerprint density at radius 2 is 2.03 bits per heavy atom. The number of fused-ring (bicyclic) bond motifs is 1. The number of piperidine rings is 1. The van der Waals surface area contributed by atoms with Crippen molar-refractivity contribution in [1.82, 2.24) is 20.5 Å². The van der Waals surface area contributed by atoms with Gasteiger partial charge in [-0.2, -0.15) is 5.10 Å². The molecule has 0 radical (unpaired) electrons. The van der Waals surface area contributed by atoms with Crippen molar-refractivity contribution in [3.05, 3.63) is 77.2 Å².